The van der Waals surface area contributed by atoms with Crippen LogP contribution in [0.1, 0.15) is 176 Å². The molecule has 0 radical (unpaired) electrons. The van der Waals surface area contributed by atoms with E-state index in [2.05, 4.69) is 37.4 Å². The fourth-order valence-electron chi connectivity index (χ4n) is 12.0. The van der Waals surface area contributed by atoms with Crippen LogP contribution in [0.15, 0.2) is 61.7 Å². The zero-order valence-electron chi connectivity index (χ0n) is 36.0. The second-order valence-electron chi connectivity index (χ2n) is 19.6. The molecule has 2 aromatic rings. The highest BCUT2D eigenvalue weighted by Crippen LogP contribution is 2.44. The second-order valence-corrected chi connectivity index (χ2v) is 19.6. The average Bonchev–Trinajstić information content (AvgIpc) is 3.24. The summed E-state index contributed by atoms with van der Waals surface area (Å²) in [5.41, 5.74) is 3.69. The third-order valence-electron chi connectivity index (χ3n) is 15.9. The summed E-state index contributed by atoms with van der Waals surface area (Å²) in [6.07, 6.45) is 40.0. The molecule has 3 heteroatoms. The summed E-state index contributed by atoms with van der Waals surface area (Å²) >= 11 is 0. The van der Waals surface area contributed by atoms with E-state index in [1.165, 1.54) is 154 Å². The van der Waals surface area contributed by atoms with Gasteiger partial charge in [-0.3, -0.25) is 0 Å². The third kappa shape index (κ3) is 14.5. The Balaban J connectivity index is 0.799. The van der Waals surface area contributed by atoms with Crippen LogP contribution < -0.4 is 0 Å². The topological polar surface area (TPSA) is 9.23 Å². The van der Waals surface area contributed by atoms with Crippen LogP contribution in [0.3, 0.4) is 0 Å². The largest absolute Gasteiger partial charge is 0.381 e. The number of hydrogen-bond acceptors (Lipinski definition) is 1. The van der Waals surface area contributed by atoms with Gasteiger partial charge < -0.3 is 4.74 Å². The molecule has 1 nitrogen and oxygen atoms in total. The van der Waals surface area contributed by atoms with Gasteiger partial charge in [0, 0.05) is 0 Å². The molecule has 0 unspecified atom stereocenters. The van der Waals surface area contributed by atoms with Gasteiger partial charge in [-0.15, -0.1) is 13.2 Å². The quantitative estimate of drug-likeness (QED) is 0.0854. The monoisotopic (exact) mass is 783 g/mol. The molecule has 57 heavy (non-hydrogen) atoms. The van der Waals surface area contributed by atoms with Crippen molar-refractivity contribution in [3.8, 4) is 0 Å². The Labute approximate surface area is 348 Å². The van der Waals surface area contributed by atoms with Gasteiger partial charge in [0.1, 0.15) is 11.6 Å². The number of unbranched alkanes of at least 4 members (excludes halogenated alkanes) is 2. The maximum atomic E-state index is 15.1. The van der Waals surface area contributed by atoms with E-state index < -0.39 is 0 Å². The molecule has 0 aromatic heterocycles. The highest BCUT2D eigenvalue weighted by atomic mass is 19.1. The number of hydrogen-bond donors (Lipinski definition) is 0. The van der Waals surface area contributed by atoms with Gasteiger partial charge in [0.25, 0.3) is 0 Å². The van der Waals surface area contributed by atoms with E-state index >= 15 is 8.78 Å². The second kappa shape index (κ2) is 24.1. The summed E-state index contributed by atoms with van der Waals surface area (Å²) in [6, 6.07) is 11.7. The number of halogens is 2. The van der Waals surface area contributed by atoms with Crippen molar-refractivity contribution < 1.29 is 13.5 Å². The Bertz CT molecular complexity index is 1340. The predicted octanol–water partition coefficient (Wildman–Crippen LogP) is 15.6. The lowest BCUT2D eigenvalue weighted by Crippen LogP contribution is -2.26. The van der Waals surface area contributed by atoms with E-state index in [4.69, 9.17) is 4.74 Å². The lowest BCUT2D eigenvalue weighted by atomic mass is 9.68. The van der Waals surface area contributed by atoms with Gasteiger partial charge >= 0.3 is 0 Å². The molecular weight excluding hydrogens is 703 g/mol. The smallest absolute Gasteiger partial charge is 0.126 e. The van der Waals surface area contributed by atoms with Gasteiger partial charge in [-0.05, 0) is 197 Å². The molecule has 6 rings (SSSR count). The number of allylic oxidation sites excluding steroid dienone is 2. The first-order chi connectivity index (χ1) is 28.0. The summed E-state index contributed by atoms with van der Waals surface area (Å²) in [5, 5.41) is 0. The molecule has 4 saturated carbocycles. The van der Waals surface area contributed by atoms with Crippen molar-refractivity contribution in [1.82, 2.24) is 0 Å². The van der Waals surface area contributed by atoms with Crippen molar-refractivity contribution in [2.75, 3.05) is 13.2 Å². The van der Waals surface area contributed by atoms with Gasteiger partial charge in [-0.25, -0.2) is 8.78 Å². The molecule has 316 valence electrons. The maximum absolute atomic E-state index is 15.1. The molecule has 0 amide bonds. The minimum Gasteiger partial charge on any atom is -0.381 e. The predicted molar refractivity (Wildman–Crippen MR) is 238 cm³/mol. The standard InChI is InChI=1S/C54H80F2O/c1-3-5-7-9-41-15-25-47(26-16-41)49-29-19-43(20-30-49)11-13-45-23-33-51(53(55)39-45)35-37-57-38-36-52-34-24-46(40-54(52)56)14-12-44-21-31-50(32-22-44)48-27-17-42(18-28-48)10-8-6-4-2/h3-4,23-24,33-34,39-44,47-50H,1-2,5-22,25-32,35-38H2. The maximum Gasteiger partial charge on any atom is 0.126 e. The zero-order valence-corrected chi connectivity index (χ0v) is 36.0. The van der Waals surface area contributed by atoms with E-state index in [1.807, 2.05) is 12.1 Å². The first kappa shape index (κ1) is 44.3. The molecule has 4 aliphatic rings. The molecule has 4 fully saturated rings. The molecule has 0 N–H and O–H groups in total. The first-order valence-corrected chi connectivity index (χ1v) is 24.3. The molecular formula is C54H80F2O. The van der Waals surface area contributed by atoms with Gasteiger partial charge in [0.15, 0.2) is 0 Å². The van der Waals surface area contributed by atoms with Gasteiger partial charge in [0.05, 0.1) is 13.2 Å². The van der Waals surface area contributed by atoms with Gasteiger partial charge in [0.2, 0.25) is 0 Å². The molecule has 0 atom stereocenters. The lowest BCUT2D eigenvalue weighted by molar-refractivity contribution is 0.139. The Morgan fingerprint density at radius 2 is 0.789 bits per heavy atom. The summed E-state index contributed by atoms with van der Waals surface area (Å²) in [5.74, 6) is 7.11. The highest BCUT2D eigenvalue weighted by Gasteiger charge is 2.32. The van der Waals surface area contributed by atoms with Crippen LogP contribution in [0.5, 0.6) is 0 Å². The third-order valence-corrected chi connectivity index (χ3v) is 15.9. The molecule has 0 aliphatic heterocycles. The summed E-state index contributed by atoms with van der Waals surface area (Å²) in [7, 11) is 0. The van der Waals surface area contributed by atoms with Crippen molar-refractivity contribution in [2.45, 2.75) is 180 Å². The van der Waals surface area contributed by atoms with E-state index in [0.717, 1.165) is 82.4 Å². The molecule has 4 aliphatic carbocycles. The van der Waals surface area contributed by atoms with Gasteiger partial charge in [-0.2, -0.15) is 0 Å². The summed E-state index contributed by atoms with van der Waals surface area (Å²) in [4.78, 5) is 0. The van der Waals surface area contributed by atoms with E-state index in [1.54, 1.807) is 12.1 Å². The van der Waals surface area contributed by atoms with Gasteiger partial charge in [-0.1, -0.05) is 101 Å². The zero-order chi connectivity index (χ0) is 39.7. The summed E-state index contributed by atoms with van der Waals surface area (Å²) in [6.45, 7) is 8.67. The van der Waals surface area contributed by atoms with Crippen molar-refractivity contribution in [2.24, 2.45) is 47.3 Å². The van der Waals surface area contributed by atoms with Crippen LogP contribution in [0.2, 0.25) is 0 Å². The molecule has 0 saturated heterocycles. The van der Waals surface area contributed by atoms with Crippen molar-refractivity contribution in [3.05, 3.63) is 95.6 Å². The Morgan fingerprint density at radius 1 is 0.456 bits per heavy atom. The van der Waals surface area contributed by atoms with Crippen LogP contribution >= 0.6 is 0 Å². The Kier molecular flexibility index (Phi) is 18.7. The Hall–Kier alpha value is -2.26. The minimum absolute atomic E-state index is 0.109. The number of aryl methyl sites for hydroxylation is 2. The minimum atomic E-state index is -0.109. The number of rotatable bonds is 22. The first-order valence-electron chi connectivity index (χ1n) is 24.3. The molecule has 0 spiro atoms. The summed E-state index contributed by atoms with van der Waals surface area (Å²) < 4.78 is 36.0. The SMILES string of the molecule is C=CCCCC1CCC(C2CCC(CCc3ccc(CCOCCc4ccc(CCC5CCC(C6CCC(CCCC=C)CC6)CC5)cc4F)c(F)c3)CC2)CC1. The molecule has 0 heterocycles. The normalized spacial score (nSPS) is 28.2. The fourth-order valence-corrected chi connectivity index (χ4v) is 12.0. The van der Waals surface area contributed by atoms with Crippen LogP contribution in [-0.2, 0) is 30.4 Å². The van der Waals surface area contributed by atoms with Crippen LogP contribution in [0.4, 0.5) is 8.78 Å². The van der Waals surface area contributed by atoms with Crippen molar-refractivity contribution in [1.29, 1.82) is 0 Å². The number of benzene rings is 2. The number of ether oxygens (including phenoxy) is 1. The molecule has 0 bridgehead atoms. The van der Waals surface area contributed by atoms with Crippen molar-refractivity contribution >= 4 is 0 Å². The van der Waals surface area contributed by atoms with E-state index in [-0.39, 0.29) is 11.6 Å². The van der Waals surface area contributed by atoms with Crippen LogP contribution in [0, 0.1) is 59.0 Å². The Morgan fingerprint density at radius 3 is 1.11 bits per heavy atom. The average molecular weight is 783 g/mol. The van der Waals surface area contributed by atoms with Crippen LogP contribution in [-0.4, -0.2) is 13.2 Å². The van der Waals surface area contributed by atoms with Crippen molar-refractivity contribution in [3.63, 3.8) is 0 Å². The lowest BCUT2D eigenvalue weighted by Gasteiger charge is -2.38. The fraction of sp³-hybridized carbons (Fsp3) is 0.704. The van der Waals surface area contributed by atoms with E-state index in [9.17, 15) is 0 Å². The molecule has 2 aromatic carbocycles. The van der Waals surface area contributed by atoms with Crippen LogP contribution in [0.25, 0.3) is 0 Å². The highest BCUT2D eigenvalue weighted by molar-refractivity contribution is 5.26. The van der Waals surface area contributed by atoms with E-state index in [0.29, 0.717) is 26.1 Å².